The largest absolute Gasteiger partial charge is 0.457 e. The van der Waals surface area contributed by atoms with Crippen molar-refractivity contribution in [3.8, 4) is 21.9 Å². The highest BCUT2D eigenvalue weighted by molar-refractivity contribution is 7.17. The van der Waals surface area contributed by atoms with Crippen molar-refractivity contribution in [2.45, 2.75) is 6.42 Å². The lowest BCUT2D eigenvalue weighted by molar-refractivity contribution is 0.0958. The van der Waals surface area contributed by atoms with Crippen molar-refractivity contribution in [2.75, 3.05) is 6.54 Å². The number of carbonyl (C=O) groups excluding carboxylic acids is 1. The molecule has 0 aliphatic heterocycles. The SMILES string of the molecule is O=C(NCCc1cccc(Cl)c1)c1ccc(-c2ccc(Oc3ccccc3)cc2)s1. The Balaban J connectivity index is 1.34. The first-order chi connectivity index (χ1) is 14.7. The summed E-state index contributed by atoms with van der Waals surface area (Å²) in [4.78, 5) is 14.2. The van der Waals surface area contributed by atoms with Crippen molar-refractivity contribution < 1.29 is 9.53 Å². The minimum atomic E-state index is -0.0580. The smallest absolute Gasteiger partial charge is 0.261 e. The number of amides is 1. The molecule has 0 saturated carbocycles. The molecule has 0 fully saturated rings. The summed E-state index contributed by atoms with van der Waals surface area (Å²) in [5, 5.41) is 3.69. The zero-order chi connectivity index (χ0) is 20.8. The van der Waals surface area contributed by atoms with E-state index >= 15 is 0 Å². The average molecular weight is 434 g/mol. The lowest BCUT2D eigenvalue weighted by Gasteiger charge is -2.06. The van der Waals surface area contributed by atoms with Gasteiger partial charge in [0, 0.05) is 16.4 Å². The molecular formula is C25H20ClNO2S. The fourth-order valence-electron chi connectivity index (χ4n) is 3.03. The Morgan fingerprint density at radius 3 is 2.40 bits per heavy atom. The summed E-state index contributed by atoms with van der Waals surface area (Å²) in [6.45, 7) is 0.567. The van der Waals surface area contributed by atoms with Crippen LogP contribution in [0.2, 0.25) is 5.02 Å². The van der Waals surface area contributed by atoms with Gasteiger partial charge in [-0.3, -0.25) is 4.79 Å². The van der Waals surface area contributed by atoms with Gasteiger partial charge in [-0.25, -0.2) is 0 Å². The van der Waals surface area contributed by atoms with Crippen molar-refractivity contribution in [3.63, 3.8) is 0 Å². The van der Waals surface area contributed by atoms with Gasteiger partial charge in [-0.05, 0) is 78.2 Å². The Morgan fingerprint density at radius 2 is 1.63 bits per heavy atom. The van der Waals surface area contributed by atoms with Gasteiger partial charge in [0.25, 0.3) is 5.91 Å². The van der Waals surface area contributed by atoms with Gasteiger partial charge in [0.05, 0.1) is 4.88 Å². The maximum Gasteiger partial charge on any atom is 0.261 e. The average Bonchev–Trinajstić information content (AvgIpc) is 3.25. The number of halogens is 1. The van der Waals surface area contributed by atoms with Crippen LogP contribution in [-0.4, -0.2) is 12.5 Å². The normalized spacial score (nSPS) is 10.6. The summed E-state index contributed by atoms with van der Waals surface area (Å²) in [5.74, 6) is 1.52. The molecule has 4 aromatic rings. The number of nitrogens with one attached hydrogen (secondary N) is 1. The number of rotatable bonds is 7. The van der Waals surface area contributed by atoms with E-state index in [1.807, 2.05) is 91.0 Å². The van der Waals surface area contributed by atoms with Crippen LogP contribution in [0.3, 0.4) is 0 Å². The van der Waals surface area contributed by atoms with Crippen molar-refractivity contribution in [1.29, 1.82) is 0 Å². The maximum absolute atomic E-state index is 12.5. The Kier molecular flexibility index (Phi) is 6.47. The first kappa shape index (κ1) is 20.2. The molecule has 4 rings (SSSR count). The van der Waals surface area contributed by atoms with Crippen LogP contribution in [0.5, 0.6) is 11.5 Å². The predicted molar refractivity (Wildman–Crippen MR) is 124 cm³/mol. The van der Waals surface area contributed by atoms with Crippen LogP contribution in [0.15, 0.2) is 91.0 Å². The summed E-state index contributed by atoms with van der Waals surface area (Å²) in [6.07, 6.45) is 0.743. The van der Waals surface area contributed by atoms with Gasteiger partial charge in [0.15, 0.2) is 0 Å². The fourth-order valence-corrected chi connectivity index (χ4v) is 4.17. The molecule has 0 spiro atoms. The number of thiophene rings is 1. The first-order valence-corrected chi connectivity index (χ1v) is 10.8. The number of hydrogen-bond donors (Lipinski definition) is 1. The van der Waals surface area contributed by atoms with Gasteiger partial charge in [-0.1, -0.05) is 41.9 Å². The predicted octanol–water partition coefficient (Wildman–Crippen LogP) is 6.83. The van der Waals surface area contributed by atoms with Crippen LogP contribution in [0.1, 0.15) is 15.2 Å². The molecule has 0 unspecified atom stereocenters. The van der Waals surface area contributed by atoms with Crippen LogP contribution in [0, 0.1) is 0 Å². The highest BCUT2D eigenvalue weighted by Gasteiger charge is 2.10. The Bertz CT molecular complexity index is 1120. The molecule has 1 N–H and O–H groups in total. The molecule has 1 amide bonds. The lowest BCUT2D eigenvalue weighted by atomic mass is 10.1. The molecule has 1 heterocycles. The molecule has 0 aliphatic rings. The summed E-state index contributed by atoms with van der Waals surface area (Å²) in [6, 6.07) is 29.1. The number of ether oxygens (including phenoxy) is 1. The number of carbonyl (C=O) groups is 1. The monoisotopic (exact) mass is 433 g/mol. The first-order valence-electron chi connectivity index (χ1n) is 9.63. The summed E-state index contributed by atoms with van der Waals surface area (Å²) in [7, 11) is 0. The standard InChI is InChI=1S/C25H20ClNO2S/c26-20-6-4-5-18(17-20)15-16-27-25(28)24-14-13-23(30-24)19-9-11-22(12-10-19)29-21-7-2-1-3-8-21/h1-14,17H,15-16H2,(H,27,28). The van der Waals surface area contributed by atoms with E-state index in [0.29, 0.717) is 16.4 Å². The molecule has 0 radical (unpaired) electrons. The number of benzene rings is 3. The highest BCUT2D eigenvalue weighted by atomic mass is 35.5. The molecule has 5 heteroatoms. The maximum atomic E-state index is 12.5. The van der Waals surface area contributed by atoms with Crippen LogP contribution in [-0.2, 0) is 6.42 Å². The number of para-hydroxylation sites is 1. The van der Waals surface area contributed by atoms with E-state index in [1.165, 1.54) is 11.3 Å². The van der Waals surface area contributed by atoms with Crippen molar-refractivity contribution >= 4 is 28.8 Å². The van der Waals surface area contributed by atoms with Crippen molar-refractivity contribution in [1.82, 2.24) is 5.32 Å². The van der Waals surface area contributed by atoms with E-state index < -0.39 is 0 Å². The van der Waals surface area contributed by atoms with Gasteiger partial charge < -0.3 is 10.1 Å². The van der Waals surface area contributed by atoms with Gasteiger partial charge in [-0.15, -0.1) is 11.3 Å². The minimum Gasteiger partial charge on any atom is -0.457 e. The second kappa shape index (κ2) is 9.61. The molecule has 1 aromatic heterocycles. The lowest BCUT2D eigenvalue weighted by Crippen LogP contribution is -2.24. The summed E-state index contributed by atoms with van der Waals surface area (Å²) in [5.41, 5.74) is 2.16. The van der Waals surface area contributed by atoms with Crippen molar-refractivity contribution in [2.24, 2.45) is 0 Å². The molecule has 3 nitrogen and oxygen atoms in total. The number of hydrogen-bond acceptors (Lipinski definition) is 3. The third-order valence-electron chi connectivity index (χ3n) is 4.54. The molecule has 3 aromatic carbocycles. The second-order valence-corrected chi connectivity index (χ2v) is 8.26. The van der Waals surface area contributed by atoms with Crippen LogP contribution in [0.25, 0.3) is 10.4 Å². The third-order valence-corrected chi connectivity index (χ3v) is 5.90. The van der Waals surface area contributed by atoms with Crippen LogP contribution < -0.4 is 10.1 Å². The topological polar surface area (TPSA) is 38.3 Å². The van der Waals surface area contributed by atoms with E-state index in [-0.39, 0.29) is 5.91 Å². The molecule has 0 aliphatic carbocycles. The van der Waals surface area contributed by atoms with Gasteiger partial charge in [-0.2, -0.15) is 0 Å². The molecule has 150 valence electrons. The van der Waals surface area contributed by atoms with Crippen LogP contribution >= 0.6 is 22.9 Å². The molecule has 0 atom stereocenters. The summed E-state index contributed by atoms with van der Waals surface area (Å²) < 4.78 is 5.83. The molecule has 0 bridgehead atoms. The van der Waals surface area contributed by atoms with Crippen molar-refractivity contribution in [3.05, 3.63) is 106 Å². The molecule has 30 heavy (non-hydrogen) atoms. The van der Waals surface area contributed by atoms with E-state index in [2.05, 4.69) is 5.32 Å². The van der Waals surface area contributed by atoms with E-state index in [4.69, 9.17) is 16.3 Å². The van der Waals surface area contributed by atoms with E-state index in [1.54, 1.807) is 0 Å². The summed E-state index contributed by atoms with van der Waals surface area (Å²) >= 11 is 7.48. The van der Waals surface area contributed by atoms with Gasteiger partial charge in [0.2, 0.25) is 0 Å². The quantitative estimate of drug-likeness (QED) is 0.346. The second-order valence-electron chi connectivity index (χ2n) is 6.74. The molecule has 0 saturated heterocycles. The highest BCUT2D eigenvalue weighted by Crippen LogP contribution is 2.30. The zero-order valence-corrected chi connectivity index (χ0v) is 17.7. The fraction of sp³-hybridized carbons (Fsp3) is 0.0800. The Labute approximate surface area is 184 Å². The van der Waals surface area contributed by atoms with Gasteiger partial charge >= 0.3 is 0 Å². The van der Waals surface area contributed by atoms with E-state index in [9.17, 15) is 4.79 Å². The zero-order valence-electron chi connectivity index (χ0n) is 16.2. The minimum absolute atomic E-state index is 0.0580. The third kappa shape index (κ3) is 5.29. The van der Waals surface area contributed by atoms with E-state index in [0.717, 1.165) is 33.9 Å². The Morgan fingerprint density at radius 1 is 0.867 bits per heavy atom. The van der Waals surface area contributed by atoms with Gasteiger partial charge in [0.1, 0.15) is 11.5 Å². The molecular weight excluding hydrogens is 414 g/mol. The Hall–Kier alpha value is -3.08. The van der Waals surface area contributed by atoms with Crippen LogP contribution in [0.4, 0.5) is 0 Å².